The predicted molar refractivity (Wildman–Crippen MR) is 87.2 cm³/mol. The molecule has 3 aliphatic rings. The van der Waals surface area contributed by atoms with Crippen molar-refractivity contribution in [3.8, 4) is 0 Å². The predicted octanol–water partition coefficient (Wildman–Crippen LogP) is -0.606. The van der Waals surface area contributed by atoms with Gasteiger partial charge >= 0.3 is 139 Å². The van der Waals surface area contributed by atoms with E-state index in [1.807, 2.05) is 0 Å². The normalized spacial score (nSPS) is 25.0. The minimum absolute atomic E-state index is 0. The van der Waals surface area contributed by atoms with E-state index in [-0.39, 0.29) is 32.7 Å². The summed E-state index contributed by atoms with van der Waals surface area (Å²) in [6.07, 6.45) is 5.04. The molecule has 1 heterocycles. The Hall–Kier alpha value is -0.187. The first-order valence-corrected chi connectivity index (χ1v) is 12.1. The molecular weight excluding hydrogens is 421 g/mol. The Kier molecular flexibility index (Phi) is 5.07. The van der Waals surface area contributed by atoms with Crippen LogP contribution in [0.5, 0.6) is 0 Å². The second kappa shape index (κ2) is 6.61. The zero-order chi connectivity index (χ0) is 14.0. The molecule has 0 bridgehead atoms. The van der Waals surface area contributed by atoms with E-state index in [0.29, 0.717) is 0 Å². The molecule has 0 amide bonds. The van der Waals surface area contributed by atoms with Crippen LogP contribution in [0.4, 0.5) is 0 Å². The maximum Gasteiger partial charge on any atom is -1.00 e. The molecule has 0 radical (unpaired) electrons. The van der Waals surface area contributed by atoms with Crippen LogP contribution in [-0.4, -0.2) is 6.66 Å². The van der Waals surface area contributed by atoms with Crippen molar-refractivity contribution in [1.82, 2.24) is 0 Å². The van der Waals surface area contributed by atoms with Gasteiger partial charge in [-0.15, -0.1) is 0 Å². The summed E-state index contributed by atoms with van der Waals surface area (Å²) in [5, 5.41) is 3.54. The molecule has 4 heteroatoms. The first-order chi connectivity index (χ1) is 10.3. The van der Waals surface area contributed by atoms with E-state index < -0.39 is 23.2 Å². The van der Waals surface area contributed by atoms with E-state index in [0.717, 1.165) is 7.25 Å². The quantitative estimate of drug-likeness (QED) is 0.484. The molecule has 0 saturated carbocycles. The third-order valence-corrected chi connectivity index (χ3v) is 13.1. The van der Waals surface area contributed by atoms with Crippen LogP contribution in [0, 0.1) is 0 Å². The van der Waals surface area contributed by atoms with E-state index >= 15 is 0 Å². The summed E-state index contributed by atoms with van der Waals surface area (Å²) in [7, 11) is -0.100. The van der Waals surface area contributed by atoms with Crippen LogP contribution < -0.4 is 24.8 Å². The van der Waals surface area contributed by atoms with Gasteiger partial charge in [-0.05, 0) is 0 Å². The van der Waals surface area contributed by atoms with Crippen LogP contribution in [-0.2, 0) is 23.2 Å². The number of benzene rings is 2. The molecule has 114 valence electrons. The largest absolute Gasteiger partial charge is 1.00 e. The van der Waals surface area contributed by atoms with E-state index in [2.05, 4.69) is 67.3 Å². The van der Waals surface area contributed by atoms with E-state index in [9.17, 15) is 0 Å². The van der Waals surface area contributed by atoms with Crippen molar-refractivity contribution in [3.63, 3.8) is 0 Å². The third-order valence-electron chi connectivity index (χ3n) is 4.92. The molecule has 1 saturated heterocycles. The van der Waals surface area contributed by atoms with Crippen molar-refractivity contribution in [2.24, 2.45) is 0 Å². The van der Waals surface area contributed by atoms with Gasteiger partial charge in [0.05, 0.1) is 0 Å². The van der Waals surface area contributed by atoms with Crippen LogP contribution in [0.1, 0.15) is 29.5 Å². The Morgan fingerprint density at radius 1 is 0.739 bits per heavy atom. The third kappa shape index (κ3) is 2.56. The number of hydrogen-bond acceptors (Lipinski definition) is 0. The first-order valence-electron chi connectivity index (χ1n) is 7.44. The monoisotopic (exact) mass is 434 g/mol. The van der Waals surface area contributed by atoms with Crippen molar-refractivity contribution in [2.45, 2.75) is 7.25 Å². The zero-order valence-electron chi connectivity index (χ0n) is 12.6. The van der Waals surface area contributed by atoms with E-state index in [1.165, 1.54) is 11.1 Å². The topological polar surface area (TPSA) is 0 Å². The summed E-state index contributed by atoms with van der Waals surface area (Å²) in [5.41, 5.74) is 6.27. The molecule has 0 spiro atoms. The summed E-state index contributed by atoms with van der Waals surface area (Å²) < 4.78 is 1.66. The van der Waals surface area contributed by atoms with Gasteiger partial charge in [-0.25, -0.2) is 0 Å². The second-order valence-corrected chi connectivity index (χ2v) is 11.8. The molecule has 1 fully saturated rings. The van der Waals surface area contributed by atoms with Gasteiger partial charge < -0.3 is 24.8 Å². The van der Waals surface area contributed by atoms with Crippen molar-refractivity contribution in [3.05, 3.63) is 81.4 Å². The Bertz CT molecular complexity index is 760. The van der Waals surface area contributed by atoms with Gasteiger partial charge in [0.25, 0.3) is 0 Å². The summed E-state index contributed by atoms with van der Waals surface area (Å²) in [4.78, 5) is 0. The molecule has 2 aliphatic carbocycles. The molecule has 0 nitrogen and oxygen atoms in total. The fourth-order valence-electron chi connectivity index (χ4n) is 3.86. The van der Waals surface area contributed by atoms with Gasteiger partial charge in [0.15, 0.2) is 0 Å². The molecule has 2 aromatic carbocycles. The number of fused-ring (bicyclic) bond motifs is 6. The van der Waals surface area contributed by atoms with Crippen molar-refractivity contribution in [1.29, 1.82) is 0 Å². The fraction of sp³-hybridized carbons (Fsp3) is 0.158. The zero-order valence-corrected chi connectivity index (χ0v) is 17.5. The van der Waals surface area contributed by atoms with Gasteiger partial charge in [-0.2, -0.15) is 0 Å². The van der Waals surface area contributed by atoms with Gasteiger partial charge in [0, 0.05) is 0 Å². The minimum atomic E-state index is -0.531. The van der Waals surface area contributed by atoms with Gasteiger partial charge in [0.1, 0.15) is 0 Å². The first kappa shape index (κ1) is 17.6. The molecule has 0 aromatic heterocycles. The number of allylic oxidation sites excluding steroid dienone is 2. The molecule has 2 unspecified atom stereocenters. The van der Waals surface area contributed by atoms with Crippen LogP contribution in [0.3, 0.4) is 0 Å². The molecule has 5 rings (SSSR count). The summed E-state index contributed by atoms with van der Waals surface area (Å²) >= 11 is -0.531. The minimum Gasteiger partial charge on any atom is -1.00 e. The standard InChI is InChI=1S/C19H15P.2ClH.Zr/c1-20(18-10-14-6-2-3-7-15(14)11-18)19-12-16-8-4-5-9-17(16)13-19;;;/h2-13H,1H3;2*1H;/q;;;+2/p-2. The van der Waals surface area contributed by atoms with Crippen LogP contribution >= 0.6 is 7.92 Å². The van der Waals surface area contributed by atoms with Gasteiger partial charge in [-0.1, -0.05) is 0 Å². The average molecular weight is 436 g/mol. The summed E-state index contributed by atoms with van der Waals surface area (Å²) in [6.45, 7) is 2.49. The van der Waals surface area contributed by atoms with Crippen molar-refractivity contribution < 1.29 is 48.0 Å². The maximum atomic E-state index is 2.52. The van der Waals surface area contributed by atoms with Crippen LogP contribution in [0.2, 0.25) is 0 Å². The molecule has 1 aliphatic heterocycles. The molecule has 2 aromatic rings. The van der Waals surface area contributed by atoms with Crippen molar-refractivity contribution in [2.75, 3.05) is 6.66 Å². The average Bonchev–Trinajstić information content (AvgIpc) is 3.07. The molecular formula is C19H15Cl2PZr. The maximum absolute atomic E-state index is 2.52. The molecule has 23 heavy (non-hydrogen) atoms. The van der Waals surface area contributed by atoms with Crippen molar-refractivity contribution >= 4 is 20.1 Å². The number of halogens is 2. The van der Waals surface area contributed by atoms with Crippen LogP contribution in [0.15, 0.2) is 59.2 Å². The Morgan fingerprint density at radius 2 is 1.17 bits per heavy atom. The molecule has 2 atom stereocenters. The van der Waals surface area contributed by atoms with Crippen LogP contribution in [0.25, 0.3) is 12.2 Å². The second-order valence-electron chi connectivity index (χ2n) is 5.99. The van der Waals surface area contributed by atoms with E-state index in [1.54, 1.807) is 21.8 Å². The Balaban J connectivity index is 0.000000781. The Morgan fingerprint density at radius 3 is 1.65 bits per heavy atom. The fourth-order valence-corrected chi connectivity index (χ4v) is 13.9. The van der Waals surface area contributed by atoms with E-state index in [4.69, 9.17) is 0 Å². The number of hydrogen-bond donors (Lipinski definition) is 0. The SMILES string of the molecule is CP1C2=Cc3ccccc3[CH]2[Zr+2][CH]2C1=Cc1ccccc12.[Cl-].[Cl-]. The smallest absolute Gasteiger partial charge is 1.00 e. The van der Waals surface area contributed by atoms with Gasteiger partial charge in [-0.3, -0.25) is 0 Å². The number of rotatable bonds is 0. The molecule has 0 N–H and O–H groups in total. The Labute approximate surface area is 162 Å². The summed E-state index contributed by atoms with van der Waals surface area (Å²) in [5.74, 6) is 0. The summed E-state index contributed by atoms with van der Waals surface area (Å²) in [6, 6.07) is 18.2. The van der Waals surface area contributed by atoms with Gasteiger partial charge in [0.2, 0.25) is 0 Å².